The van der Waals surface area contributed by atoms with Gasteiger partial charge in [0.2, 0.25) is 0 Å². The second kappa shape index (κ2) is 15.4. The molecule has 4 fully saturated rings. The molecule has 8 atom stereocenters. The van der Waals surface area contributed by atoms with E-state index in [1.165, 1.54) is 51.4 Å². The maximum Gasteiger partial charge on any atom is 0.108 e. The van der Waals surface area contributed by atoms with Gasteiger partial charge in [0.1, 0.15) is 12.2 Å². The van der Waals surface area contributed by atoms with E-state index >= 15 is 0 Å². The number of likely N-dealkylation sites (tertiary alicyclic amines) is 2. The quantitative estimate of drug-likeness (QED) is 0.288. The van der Waals surface area contributed by atoms with Crippen LogP contribution in [0.3, 0.4) is 0 Å². The van der Waals surface area contributed by atoms with E-state index in [4.69, 9.17) is 0 Å². The van der Waals surface area contributed by atoms with Gasteiger partial charge in [-0.3, -0.25) is 9.80 Å². The molecule has 4 rings (SSSR count). The average molecular weight is 571 g/mol. The third-order valence-electron chi connectivity index (χ3n) is 11.1. The molecule has 8 nitrogen and oxygen atoms in total. The SMILES string of the molecule is CC(C)C1CCC(CN2C[C@H](O)[C@@H](O)[C@H](O)[C@H]2C)CC1.CC(C)C1CCC(CN2C[C@H](O)[C@@H](O)[C@H](O)[C@H]2C)CC1. The van der Waals surface area contributed by atoms with Crippen LogP contribution < -0.4 is 0 Å². The number of hydrogen-bond donors (Lipinski definition) is 6. The number of hydrogen-bond acceptors (Lipinski definition) is 8. The van der Waals surface area contributed by atoms with Gasteiger partial charge in [0, 0.05) is 38.3 Å². The summed E-state index contributed by atoms with van der Waals surface area (Å²) in [5.41, 5.74) is 0. The molecule has 6 N–H and O–H groups in total. The molecule has 0 amide bonds. The lowest BCUT2D eigenvalue weighted by Crippen LogP contribution is -2.60. The fourth-order valence-electron chi connectivity index (χ4n) is 7.71. The molecule has 2 aliphatic heterocycles. The normalized spacial score (nSPS) is 44.0. The fourth-order valence-corrected chi connectivity index (χ4v) is 7.71. The summed E-state index contributed by atoms with van der Waals surface area (Å²) in [5.74, 6) is 4.63. The Labute approximate surface area is 243 Å². The molecule has 2 saturated heterocycles. The first-order valence-corrected chi connectivity index (χ1v) is 16.4. The van der Waals surface area contributed by atoms with Gasteiger partial charge in [-0.1, -0.05) is 27.7 Å². The fraction of sp³-hybridized carbons (Fsp3) is 1.00. The third-order valence-corrected chi connectivity index (χ3v) is 11.1. The van der Waals surface area contributed by atoms with E-state index in [9.17, 15) is 30.6 Å². The monoisotopic (exact) mass is 570 g/mol. The van der Waals surface area contributed by atoms with Crippen molar-refractivity contribution in [1.29, 1.82) is 0 Å². The minimum atomic E-state index is -1.00. The minimum absolute atomic E-state index is 0.0729. The van der Waals surface area contributed by atoms with E-state index in [2.05, 4.69) is 37.5 Å². The molecule has 0 radical (unpaired) electrons. The molecule has 0 unspecified atom stereocenters. The molecule has 0 spiro atoms. The molecular weight excluding hydrogens is 508 g/mol. The van der Waals surface area contributed by atoms with E-state index in [0.29, 0.717) is 24.9 Å². The van der Waals surface area contributed by atoms with Crippen molar-refractivity contribution in [3.8, 4) is 0 Å². The highest BCUT2D eigenvalue weighted by Crippen LogP contribution is 2.36. The molecule has 2 heterocycles. The van der Waals surface area contributed by atoms with Crippen LogP contribution in [-0.2, 0) is 0 Å². The Kier molecular flexibility index (Phi) is 13.2. The van der Waals surface area contributed by atoms with Crippen LogP contribution in [0.15, 0.2) is 0 Å². The first-order valence-electron chi connectivity index (χ1n) is 16.4. The van der Waals surface area contributed by atoms with Crippen LogP contribution in [0.2, 0.25) is 0 Å². The lowest BCUT2D eigenvalue weighted by molar-refractivity contribution is -0.136. The zero-order chi connectivity index (χ0) is 29.7. The van der Waals surface area contributed by atoms with Crippen LogP contribution in [0, 0.1) is 35.5 Å². The van der Waals surface area contributed by atoms with Crippen molar-refractivity contribution in [2.24, 2.45) is 35.5 Å². The molecular formula is C32H62N2O6. The van der Waals surface area contributed by atoms with Crippen LogP contribution in [0.4, 0.5) is 0 Å². The van der Waals surface area contributed by atoms with E-state index in [0.717, 1.165) is 36.8 Å². The van der Waals surface area contributed by atoms with Crippen molar-refractivity contribution in [3.63, 3.8) is 0 Å². The van der Waals surface area contributed by atoms with Gasteiger partial charge in [0.15, 0.2) is 0 Å². The number of aliphatic hydroxyl groups is 6. The topological polar surface area (TPSA) is 128 Å². The second-order valence-electron chi connectivity index (χ2n) is 14.5. The average Bonchev–Trinajstić information content (AvgIpc) is 2.93. The Morgan fingerprint density at radius 1 is 0.500 bits per heavy atom. The van der Waals surface area contributed by atoms with Crippen LogP contribution in [0.1, 0.15) is 92.9 Å². The minimum Gasteiger partial charge on any atom is -0.389 e. The first-order chi connectivity index (χ1) is 18.8. The summed E-state index contributed by atoms with van der Waals surface area (Å²) in [6, 6.07) is -0.146. The maximum absolute atomic E-state index is 9.98. The Morgan fingerprint density at radius 3 is 1.07 bits per heavy atom. The Hall–Kier alpha value is -0.320. The molecule has 0 aromatic rings. The van der Waals surface area contributed by atoms with E-state index < -0.39 is 36.6 Å². The van der Waals surface area contributed by atoms with Gasteiger partial charge in [-0.15, -0.1) is 0 Å². The summed E-state index contributed by atoms with van der Waals surface area (Å²) in [7, 11) is 0. The van der Waals surface area contributed by atoms with Crippen molar-refractivity contribution in [3.05, 3.63) is 0 Å². The van der Waals surface area contributed by atoms with Gasteiger partial charge >= 0.3 is 0 Å². The summed E-state index contributed by atoms with van der Waals surface area (Å²) in [6.07, 6.45) is 4.88. The van der Waals surface area contributed by atoms with Crippen LogP contribution in [-0.4, -0.2) is 115 Å². The number of piperidine rings is 2. The lowest BCUT2D eigenvalue weighted by atomic mass is 9.76. The van der Waals surface area contributed by atoms with E-state index in [1.54, 1.807) is 0 Å². The smallest absolute Gasteiger partial charge is 0.108 e. The molecule has 40 heavy (non-hydrogen) atoms. The predicted molar refractivity (Wildman–Crippen MR) is 159 cm³/mol. The second-order valence-corrected chi connectivity index (χ2v) is 14.5. The van der Waals surface area contributed by atoms with Crippen molar-refractivity contribution >= 4 is 0 Å². The molecule has 236 valence electrons. The lowest BCUT2D eigenvalue weighted by Gasteiger charge is -2.44. The van der Waals surface area contributed by atoms with Gasteiger partial charge in [0.05, 0.1) is 24.4 Å². The zero-order valence-corrected chi connectivity index (χ0v) is 26.1. The summed E-state index contributed by atoms with van der Waals surface area (Å²) < 4.78 is 0. The molecule has 2 aliphatic carbocycles. The highest BCUT2D eigenvalue weighted by Gasteiger charge is 2.41. The van der Waals surface area contributed by atoms with Gasteiger partial charge in [-0.2, -0.15) is 0 Å². The zero-order valence-electron chi connectivity index (χ0n) is 26.1. The highest BCUT2D eigenvalue weighted by atomic mass is 16.4. The van der Waals surface area contributed by atoms with E-state index in [-0.39, 0.29) is 12.1 Å². The van der Waals surface area contributed by atoms with Gasteiger partial charge in [-0.05, 0) is 101 Å². The summed E-state index contributed by atoms with van der Waals surface area (Å²) in [4.78, 5) is 4.31. The maximum atomic E-state index is 9.98. The summed E-state index contributed by atoms with van der Waals surface area (Å²) in [5, 5.41) is 59.0. The summed E-state index contributed by atoms with van der Waals surface area (Å²) in [6.45, 7) is 16.0. The van der Waals surface area contributed by atoms with Gasteiger partial charge in [0.25, 0.3) is 0 Å². The number of aliphatic hydroxyl groups excluding tert-OH is 6. The molecule has 8 heteroatoms. The van der Waals surface area contributed by atoms with Crippen molar-refractivity contribution < 1.29 is 30.6 Å². The van der Waals surface area contributed by atoms with Gasteiger partial charge in [-0.25, -0.2) is 0 Å². The van der Waals surface area contributed by atoms with Crippen molar-refractivity contribution in [1.82, 2.24) is 9.80 Å². The van der Waals surface area contributed by atoms with Crippen LogP contribution in [0.25, 0.3) is 0 Å². The number of rotatable bonds is 6. The van der Waals surface area contributed by atoms with E-state index in [1.807, 2.05) is 13.8 Å². The highest BCUT2D eigenvalue weighted by molar-refractivity contribution is 4.94. The summed E-state index contributed by atoms with van der Waals surface area (Å²) >= 11 is 0. The Balaban J connectivity index is 0.000000220. The van der Waals surface area contributed by atoms with Crippen molar-refractivity contribution in [2.45, 2.75) is 142 Å². The Bertz CT molecular complexity index is 664. The molecule has 0 aromatic carbocycles. The van der Waals surface area contributed by atoms with Crippen molar-refractivity contribution in [2.75, 3.05) is 26.2 Å². The largest absolute Gasteiger partial charge is 0.389 e. The molecule has 0 bridgehead atoms. The first kappa shape index (κ1) is 34.2. The molecule has 0 aromatic heterocycles. The number of β-amino-alcohol motifs (C(OH)–C–C–N with tert-alkyl or cyclic N) is 2. The molecule has 2 saturated carbocycles. The Morgan fingerprint density at radius 2 is 0.800 bits per heavy atom. The predicted octanol–water partition coefficient (Wildman–Crippen LogP) is 2.47. The standard InChI is InChI=1S/2C16H31NO3/c2*1-10(2)13-6-4-12(5-7-13)8-17-9-14(18)16(20)15(19)11(17)3/h2*10-16,18-20H,4-9H2,1-3H3/t2*11-,12?,13?,14+,15-,16-/m11/s1. The van der Waals surface area contributed by atoms with Crippen LogP contribution in [0.5, 0.6) is 0 Å². The third kappa shape index (κ3) is 8.85. The van der Waals surface area contributed by atoms with Gasteiger partial charge < -0.3 is 30.6 Å². The van der Waals surface area contributed by atoms with Crippen LogP contribution >= 0.6 is 0 Å². The molecule has 4 aliphatic rings. The number of nitrogens with zero attached hydrogens (tertiary/aromatic N) is 2.